The van der Waals surface area contributed by atoms with Crippen LogP contribution in [0, 0.1) is 5.82 Å². The molecule has 2 N–H and O–H groups in total. The van der Waals surface area contributed by atoms with Crippen molar-refractivity contribution in [3.8, 4) is 5.75 Å². The Kier molecular flexibility index (Phi) is 5.05. The van der Waals surface area contributed by atoms with Crippen molar-refractivity contribution in [3.63, 3.8) is 0 Å². The highest BCUT2D eigenvalue weighted by Crippen LogP contribution is 2.21. The molecule has 0 saturated carbocycles. The highest BCUT2D eigenvalue weighted by atomic mass is 19.1. The number of nitrogens with zero attached hydrogens (tertiary/aromatic N) is 2. The predicted molar refractivity (Wildman–Crippen MR) is 88.1 cm³/mol. The van der Waals surface area contributed by atoms with E-state index >= 15 is 0 Å². The Labute approximate surface area is 140 Å². The predicted octanol–water partition coefficient (Wildman–Crippen LogP) is 2.32. The summed E-state index contributed by atoms with van der Waals surface area (Å²) < 4.78 is 13.7. The third-order valence-corrected chi connectivity index (χ3v) is 4.27. The molecule has 0 spiro atoms. The number of phenols is 1. The second kappa shape index (κ2) is 7.40. The number of phenolic OH excluding ortho intramolecular Hbond substituents is 1. The zero-order chi connectivity index (χ0) is 16.9. The molecule has 5 nitrogen and oxygen atoms in total. The van der Waals surface area contributed by atoms with Gasteiger partial charge in [0.15, 0.2) is 0 Å². The SMILES string of the molecule is O=C(NC1CCN(Cc2cccnc2)CC1)c1c(O)cccc1F. The lowest BCUT2D eigenvalue weighted by molar-refractivity contribution is 0.0902. The van der Waals surface area contributed by atoms with E-state index in [9.17, 15) is 14.3 Å². The molecule has 24 heavy (non-hydrogen) atoms. The van der Waals surface area contributed by atoms with Crippen molar-refractivity contribution < 1.29 is 14.3 Å². The molecular formula is C18H20FN3O2. The number of piperidine rings is 1. The van der Waals surface area contributed by atoms with Crippen molar-refractivity contribution in [2.75, 3.05) is 13.1 Å². The first-order valence-corrected chi connectivity index (χ1v) is 8.03. The number of hydrogen-bond donors (Lipinski definition) is 2. The Hall–Kier alpha value is -2.47. The van der Waals surface area contributed by atoms with E-state index in [-0.39, 0.29) is 17.4 Å². The van der Waals surface area contributed by atoms with Gasteiger partial charge >= 0.3 is 0 Å². The van der Waals surface area contributed by atoms with Crippen LogP contribution in [0.1, 0.15) is 28.8 Å². The molecule has 0 atom stereocenters. The minimum Gasteiger partial charge on any atom is -0.507 e. The number of amides is 1. The number of rotatable bonds is 4. The Morgan fingerprint density at radius 1 is 1.29 bits per heavy atom. The molecular weight excluding hydrogens is 309 g/mol. The summed E-state index contributed by atoms with van der Waals surface area (Å²) in [5.41, 5.74) is 0.881. The van der Waals surface area contributed by atoms with Crippen LogP contribution in [0.5, 0.6) is 5.75 Å². The Morgan fingerprint density at radius 3 is 2.75 bits per heavy atom. The lowest BCUT2D eigenvalue weighted by atomic mass is 10.0. The first kappa shape index (κ1) is 16.4. The molecule has 3 rings (SSSR count). The molecule has 126 valence electrons. The van der Waals surface area contributed by atoms with Crippen LogP contribution in [-0.4, -0.2) is 40.0 Å². The van der Waals surface area contributed by atoms with Gasteiger partial charge in [-0.15, -0.1) is 0 Å². The van der Waals surface area contributed by atoms with E-state index < -0.39 is 11.7 Å². The standard InChI is InChI=1S/C18H20FN3O2/c19-15-4-1-5-16(23)17(15)18(24)21-14-6-9-22(10-7-14)12-13-3-2-8-20-11-13/h1-5,8,11,14,23H,6-7,9-10,12H2,(H,21,24). The largest absolute Gasteiger partial charge is 0.507 e. The van der Waals surface area contributed by atoms with Crippen molar-refractivity contribution >= 4 is 5.91 Å². The average molecular weight is 329 g/mol. The number of aromatic hydroxyl groups is 1. The van der Waals surface area contributed by atoms with Crippen molar-refractivity contribution in [1.29, 1.82) is 0 Å². The van der Waals surface area contributed by atoms with Crippen LogP contribution in [0.4, 0.5) is 4.39 Å². The van der Waals surface area contributed by atoms with E-state index in [2.05, 4.69) is 15.2 Å². The lowest BCUT2D eigenvalue weighted by Crippen LogP contribution is -2.44. The van der Waals surface area contributed by atoms with Gasteiger partial charge in [0.1, 0.15) is 17.1 Å². The first-order valence-electron chi connectivity index (χ1n) is 8.03. The van der Waals surface area contributed by atoms with Crippen LogP contribution in [-0.2, 0) is 6.54 Å². The van der Waals surface area contributed by atoms with Gasteiger partial charge in [0, 0.05) is 38.1 Å². The van der Waals surface area contributed by atoms with Gasteiger partial charge in [-0.1, -0.05) is 12.1 Å². The number of nitrogens with one attached hydrogen (secondary N) is 1. The molecule has 1 aromatic carbocycles. The minimum atomic E-state index is -0.707. The van der Waals surface area contributed by atoms with Crippen LogP contribution in [0.25, 0.3) is 0 Å². The second-order valence-electron chi connectivity index (χ2n) is 6.02. The number of halogens is 1. The van der Waals surface area contributed by atoms with Gasteiger partial charge in [-0.05, 0) is 36.6 Å². The number of pyridine rings is 1. The highest BCUT2D eigenvalue weighted by molar-refractivity contribution is 5.97. The third-order valence-electron chi connectivity index (χ3n) is 4.27. The van der Waals surface area contributed by atoms with Crippen LogP contribution < -0.4 is 5.32 Å². The van der Waals surface area contributed by atoms with Gasteiger partial charge in [-0.2, -0.15) is 0 Å². The Balaban J connectivity index is 1.53. The van der Waals surface area contributed by atoms with Crippen LogP contribution in [0.3, 0.4) is 0 Å². The quantitative estimate of drug-likeness (QED) is 0.903. The van der Waals surface area contributed by atoms with E-state index in [4.69, 9.17) is 0 Å². The van der Waals surface area contributed by atoms with Crippen molar-refractivity contribution in [1.82, 2.24) is 15.2 Å². The molecule has 6 heteroatoms. The van der Waals surface area contributed by atoms with E-state index in [1.165, 1.54) is 18.2 Å². The van der Waals surface area contributed by atoms with Crippen molar-refractivity contribution in [2.24, 2.45) is 0 Å². The monoisotopic (exact) mass is 329 g/mol. The van der Waals surface area contributed by atoms with Gasteiger partial charge in [-0.3, -0.25) is 14.7 Å². The van der Waals surface area contributed by atoms with Gasteiger partial charge in [0.2, 0.25) is 0 Å². The lowest BCUT2D eigenvalue weighted by Gasteiger charge is -2.32. The summed E-state index contributed by atoms with van der Waals surface area (Å²) >= 11 is 0. The fourth-order valence-corrected chi connectivity index (χ4v) is 2.98. The van der Waals surface area contributed by atoms with Crippen molar-refractivity contribution in [2.45, 2.75) is 25.4 Å². The molecule has 2 heterocycles. The van der Waals surface area contributed by atoms with E-state index in [0.29, 0.717) is 0 Å². The van der Waals surface area contributed by atoms with E-state index in [0.717, 1.165) is 38.0 Å². The van der Waals surface area contributed by atoms with Gasteiger partial charge in [0.05, 0.1) is 0 Å². The Morgan fingerprint density at radius 2 is 2.08 bits per heavy atom. The maximum absolute atomic E-state index is 13.7. The van der Waals surface area contributed by atoms with Crippen molar-refractivity contribution in [3.05, 3.63) is 59.7 Å². The van der Waals surface area contributed by atoms with Gasteiger partial charge in [-0.25, -0.2) is 4.39 Å². The number of benzene rings is 1. The molecule has 0 aliphatic carbocycles. The molecule has 0 radical (unpaired) electrons. The number of aromatic nitrogens is 1. The summed E-state index contributed by atoms with van der Waals surface area (Å²) in [6, 6.07) is 7.81. The van der Waals surface area contributed by atoms with Gasteiger partial charge in [0.25, 0.3) is 5.91 Å². The smallest absolute Gasteiger partial charge is 0.258 e. The van der Waals surface area contributed by atoms with Crippen LogP contribution >= 0.6 is 0 Å². The normalized spacial score (nSPS) is 16.0. The van der Waals surface area contributed by atoms with Crippen LogP contribution in [0.2, 0.25) is 0 Å². The number of likely N-dealkylation sites (tertiary alicyclic amines) is 1. The minimum absolute atomic E-state index is 0.0124. The molecule has 2 aromatic rings. The number of carbonyl (C=O) groups is 1. The number of hydrogen-bond acceptors (Lipinski definition) is 4. The topological polar surface area (TPSA) is 65.5 Å². The summed E-state index contributed by atoms with van der Waals surface area (Å²) in [5, 5.41) is 12.5. The molecule has 1 aliphatic rings. The summed E-state index contributed by atoms with van der Waals surface area (Å²) in [4.78, 5) is 18.6. The zero-order valence-corrected chi connectivity index (χ0v) is 13.3. The average Bonchev–Trinajstić information content (AvgIpc) is 2.57. The number of carbonyl (C=O) groups excluding carboxylic acids is 1. The molecule has 1 saturated heterocycles. The fraction of sp³-hybridized carbons (Fsp3) is 0.333. The summed E-state index contributed by atoms with van der Waals surface area (Å²) in [6.07, 6.45) is 5.20. The molecule has 0 unspecified atom stereocenters. The molecule has 0 bridgehead atoms. The molecule has 1 amide bonds. The summed E-state index contributed by atoms with van der Waals surface area (Å²) in [6.45, 7) is 2.54. The maximum atomic E-state index is 13.7. The fourth-order valence-electron chi connectivity index (χ4n) is 2.98. The summed E-state index contributed by atoms with van der Waals surface area (Å²) in [7, 11) is 0. The van der Waals surface area contributed by atoms with Crippen LogP contribution in [0.15, 0.2) is 42.7 Å². The van der Waals surface area contributed by atoms with E-state index in [1.807, 2.05) is 18.3 Å². The summed E-state index contributed by atoms with van der Waals surface area (Å²) in [5.74, 6) is -1.60. The van der Waals surface area contributed by atoms with E-state index in [1.54, 1.807) is 6.20 Å². The molecule has 1 aliphatic heterocycles. The molecule has 1 aromatic heterocycles. The Bertz CT molecular complexity index is 680. The second-order valence-corrected chi connectivity index (χ2v) is 6.02. The van der Waals surface area contributed by atoms with Gasteiger partial charge < -0.3 is 10.4 Å². The molecule has 1 fully saturated rings. The zero-order valence-electron chi connectivity index (χ0n) is 13.3. The third kappa shape index (κ3) is 3.89. The maximum Gasteiger partial charge on any atom is 0.258 e. The first-order chi connectivity index (χ1) is 11.6. The highest BCUT2D eigenvalue weighted by Gasteiger charge is 2.23.